The largest absolute Gasteiger partial charge is 0.338 e. The first-order chi connectivity index (χ1) is 12.0. The molecule has 0 spiro atoms. The summed E-state index contributed by atoms with van der Waals surface area (Å²) in [6.45, 7) is 5.86. The van der Waals surface area contributed by atoms with Crippen molar-refractivity contribution in [1.82, 2.24) is 10.1 Å². The number of thiophene rings is 1. The lowest BCUT2D eigenvalue weighted by Gasteiger charge is -2.14. The van der Waals surface area contributed by atoms with Crippen molar-refractivity contribution in [3.8, 4) is 10.7 Å². The standard InChI is InChI=1S/C18H19N3O2S2/c1-11-6-4-7-12(2)16(11)20-18(22)13(3)25-10-15-19-17(21-23-15)14-8-5-9-24-14/h4-9,13H,10H2,1-3H3,(H,20,22). The van der Waals surface area contributed by atoms with Crippen LogP contribution < -0.4 is 5.32 Å². The monoisotopic (exact) mass is 373 g/mol. The Labute approximate surface area is 154 Å². The highest BCUT2D eigenvalue weighted by Gasteiger charge is 2.17. The van der Waals surface area contributed by atoms with Crippen LogP contribution in [0.4, 0.5) is 5.69 Å². The number of carbonyl (C=O) groups is 1. The van der Waals surface area contributed by atoms with Crippen LogP contribution in [0.25, 0.3) is 10.7 Å². The first-order valence-electron chi connectivity index (χ1n) is 7.89. The maximum Gasteiger partial charge on any atom is 0.237 e. The number of aromatic nitrogens is 2. The van der Waals surface area contributed by atoms with E-state index in [-0.39, 0.29) is 11.2 Å². The van der Waals surface area contributed by atoms with Crippen LogP contribution in [-0.2, 0) is 10.5 Å². The molecule has 3 rings (SSSR count). The SMILES string of the molecule is Cc1cccc(C)c1NC(=O)C(C)SCc1nc(-c2cccs2)no1. The van der Waals surface area contributed by atoms with Gasteiger partial charge in [-0.2, -0.15) is 4.98 Å². The fraction of sp³-hybridized carbons (Fsp3) is 0.278. The van der Waals surface area contributed by atoms with Gasteiger partial charge in [-0.1, -0.05) is 29.4 Å². The Kier molecular flexibility index (Phi) is 5.55. The van der Waals surface area contributed by atoms with E-state index in [1.165, 1.54) is 11.8 Å². The number of benzene rings is 1. The zero-order valence-corrected chi connectivity index (χ0v) is 15.9. The Bertz CT molecular complexity index is 839. The number of rotatable bonds is 6. The third kappa shape index (κ3) is 4.29. The highest BCUT2D eigenvalue weighted by Crippen LogP contribution is 2.25. The molecular formula is C18H19N3O2S2. The first-order valence-corrected chi connectivity index (χ1v) is 9.82. The van der Waals surface area contributed by atoms with Crippen molar-refractivity contribution in [3.63, 3.8) is 0 Å². The molecule has 7 heteroatoms. The van der Waals surface area contributed by atoms with Crippen LogP contribution in [-0.4, -0.2) is 21.3 Å². The van der Waals surface area contributed by atoms with E-state index in [2.05, 4.69) is 15.5 Å². The van der Waals surface area contributed by atoms with E-state index in [9.17, 15) is 4.79 Å². The molecular weight excluding hydrogens is 354 g/mol. The second-order valence-corrected chi connectivity index (χ2v) is 7.98. The maximum absolute atomic E-state index is 12.4. The highest BCUT2D eigenvalue weighted by atomic mass is 32.2. The maximum atomic E-state index is 12.4. The Morgan fingerprint density at radius 1 is 1.28 bits per heavy atom. The van der Waals surface area contributed by atoms with Crippen LogP contribution in [0.5, 0.6) is 0 Å². The van der Waals surface area contributed by atoms with Gasteiger partial charge in [-0.05, 0) is 43.3 Å². The fourth-order valence-corrected chi connectivity index (χ4v) is 3.70. The van der Waals surface area contributed by atoms with Gasteiger partial charge in [-0.25, -0.2) is 0 Å². The number of hydrogen-bond acceptors (Lipinski definition) is 6. The zero-order chi connectivity index (χ0) is 17.8. The second-order valence-electron chi connectivity index (χ2n) is 5.70. The number of nitrogens with zero attached hydrogens (tertiary/aromatic N) is 2. The molecule has 25 heavy (non-hydrogen) atoms. The molecule has 5 nitrogen and oxygen atoms in total. The fourth-order valence-electron chi connectivity index (χ4n) is 2.33. The van der Waals surface area contributed by atoms with Gasteiger partial charge in [0, 0.05) is 5.69 Å². The topological polar surface area (TPSA) is 68.0 Å². The second kappa shape index (κ2) is 7.84. The Morgan fingerprint density at radius 2 is 2.04 bits per heavy atom. The van der Waals surface area contributed by atoms with E-state index in [0.29, 0.717) is 17.5 Å². The summed E-state index contributed by atoms with van der Waals surface area (Å²) < 4.78 is 5.27. The molecule has 3 aromatic rings. The van der Waals surface area contributed by atoms with Crippen LogP contribution in [0.3, 0.4) is 0 Å². The van der Waals surface area contributed by atoms with Crippen molar-refractivity contribution in [3.05, 3.63) is 52.7 Å². The molecule has 0 aliphatic carbocycles. The molecule has 2 aromatic heterocycles. The van der Waals surface area contributed by atoms with E-state index >= 15 is 0 Å². The number of nitrogens with one attached hydrogen (secondary N) is 1. The van der Waals surface area contributed by atoms with Crippen LogP contribution in [0.1, 0.15) is 23.9 Å². The summed E-state index contributed by atoms with van der Waals surface area (Å²) >= 11 is 3.04. The summed E-state index contributed by atoms with van der Waals surface area (Å²) in [5.74, 6) is 1.60. The number of aryl methyl sites for hydroxylation is 2. The average Bonchev–Trinajstić information content (AvgIpc) is 3.26. The number of thioether (sulfide) groups is 1. The lowest BCUT2D eigenvalue weighted by molar-refractivity contribution is -0.115. The minimum atomic E-state index is -0.226. The van der Waals surface area contributed by atoms with Gasteiger partial charge in [-0.15, -0.1) is 23.1 Å². The van der Waals surface area contributed by atoms with Gasteiger partial charge in [0.25, 0.3) is 0 Å². The molecule has 0 radical (unpaired) electrons. The highest BCUT2D eigenvalue weighted by molar-refractivity contribution is 7.99. The molecule has 1 unspecified atom stereocenters. The average molecular weight is 374 g/mol. The van der Waals surface area contributed by atoms with Crippen LogP contribution in [0, 0.1) is 13.8 Å². The third-order valence-corrected chi connectivity index (χ3v) is 5.76. The third-order valence-electron chi connectivity index (χ3n) is 3.77. The summed E-state index contributed by atoms with van der Waals surface area (Å²) in [5, 5.41) is 8.75. The number of anilines is 1. The van der Waals surface area contributed by atoms with Gasteiger partial charge >= 0.3 is 0 Å². The van der Waals surface area contributed by atoms with E-state index in [0.717, 1.165) is 21.7 Å². The predicted molar refractivity (Wildman–Crippen MR) is 103 cm³/mol. The van der Waals surface area contributed by atoms with Crippen molar-refractivity contribution in [2.75, 3.05) is 5.32 Å². The lowest BCUT2D eigenvalue weighted by Crippen LogP contribution is -2.23. The van der Waals surface area contributed by atoms with Crippen molar-refractivity contribution in [2.45, 2.75) is 31.8 Å². The zero-order valence-electron chi connectivity index (χ0n) is 14.3. The number of para-hydroxylation sites is 1. The summed E-state index contributed by atoms with van der Waals surface area (Å²) in [6.07, 6.45) is 0. The van der Waals surface area contributed by atoms with Crippen LogP contribution in [0.15, 0.2) is 40.2 Å². The van der Waals surface area contributed by atoms with Crippen molar-refractivity contribution >= 4 is 34.7 Å². The molecule has 0 saturated carbocycles. The minimum Gasteiger partial charge on any atom is -0.338 e. The van der Waals surface area contributed by atoms with Gasteiger partial charge < -0.3 is 9.84 Å². The smallest absolute Gasteiger partial charge is 0.237 e. The molecule has 0 saturated heterocycles. The molecule has 0 bridgehead atoms. The van der Waals surface area contributed by atoms with Gasteiger partial charge in [0.15, 0.2) is 0 Å². The minimum absolute atomic E-state index is 0.0274. The molecule has 1 aromatic carbocycles. The van der Waals surface area contributed by atoms with Crippen molar-refractivity contribution in [1.29, 1.82) is 0 Å². The quantitative estimate of drug-likeness (QED) is 0.680. The summed E-state index contributed by atoms with van der Waals surface area (Å²) in [6, 6.07) is 9.87. The van der Waals surface area contributed by atoms with Gasteiger partial charge in [0.05, 0.1) is 15.9 Å². The van der Waals surface area contributed by atoms with E-state index in [1.54, 1.807) is 11.3 Å². The Morgan fingerprint density at radius 3 is 2.72 bits per heavy atom. The molecule has 130 valence electrons. The molecule has 0 aliphatic heterocycles. The summed E-state index contributed by atoms with van der Waals surface area (Å²) in [5.41, 5.74) is 3.00. The molecule has 1 N–H and O–H groups in total. The summed E-state index contributed by atoms with van der Waals surface area (Å²) in [4.78, 5) is 17.8. The van der Waals surface area contributed by atoms with E-state index < -0.39 is 0 Å². The van der Waals surface area contributed by atoms with E-state index in [1.807, 2.05) is 56.5 Å². The molecule has 1 amide bonds. The van der Waals surface area contributed by atoms with Gasteiger partial charge in [0.2, 0.25) is 17.6 Å². The van der Waals surface area contributed by atoms with E-state index in [4.69, 9.17) is 4.52 Å². The van der Waals surface area contributed by atoms with Crippen LogP contribution >= 0.6 is 23.1 Å². The number of carbonyl (C=O) groups excluding carboxylic acids is 1. The number of hydrogen-bond donors (Lipinski definition) is 1. The molecule has 1 atom stereocenters. The van der Waals surface area contributed by atoms with Gasteiger partial charge in [-0.3, -0.25) is 4.79 Å². The first kappa shape index (κ1) is 17.7. The predicted octanol–water partition coefficient (Wildman–Crippen LogP) is 4.68. The van der Waals surface area contributed by atoms with Crippen molar-refractivity contribution < 1.29 is 9.32 Å². The van der Waals surface area contributed by atoms with Gasteiger partial charge in [0.1, 0.15) is 0 Å². The lowest BCUT2D eigenvalue weighted by atomic mass is 10.1. The Hall–Kier alpha value is -2.12. The number of amides is 1. The van der Waals surface area contributed by atoms with Crippen LogP contribution in [0.2, 0.25) is 0 Å². The molecule has 0 fully saturated rings. The normalized spacial score (nSPS) is 12.1. The summed E-state index contributed by atoms with van der Waals surface area (Å²) in [7, 11) is 0. The Balaban J connectivity index is 1.57. The van der Waals surface area contributed by atoms with Crippen molar-refractivity contribution in [2.24, 2.45) is 0 Å². The molecule has 2 heterocycles. The molecule has 0 aliphatic rings.